The molecule has 6 atom stereocenters. The Hall–Kier alpha value is -0.970. The van der Waals surface area contributed by atoms with Gasteiger partial charge in [-0.05, 0) is 108 Å². The molecule has 0 saturated carbocycles. The molecule has 2 N–H and O–H groups in total. The number of carbonyl (C=O) groups is 1. The van der Waals surface area contributed by atoms with Crippen LogP contribution in [0.1, 0.15) is 126 Å². The zero-order valence-corrected chi connectivity index (χ0v) is 23.1. The van der Waals surface area contributed by atoms with E-state index >= 15 is 0 Å². The molecule has 6 unspecified atom stereocenters. The summed E-state index contributed by atoms with van der Waals surface area (Å²) in [6.45, 7) is 14.9. The minimum Gasteiger partial charge on any atom is -0.390 e. The molecule has 0 bridgehead atoms. The predicted molar refractivity (Wildman–Crippen MR) is 141 cm³/mol. The molecule has 2 aliphatic rings. The lowest BCUT2D eigenvalue weighted by molar-refractivity contribution is -0.144. The molecular weight excluding hydrogens is 424 g/mol. The van der Waals surface area contributed by atoms with Gasteiger partial charge < -0.3 is 19.7 Å². The zero-order chi connectivity index (χ0) is 25.6. The molecule has 0 aromatic carbocycles. The van der Waals surface area contributed by atoms with E-state index in [0.29, 0.717) is 5.92 Å². The van der Waals surface area contributed by atoms with Gasteiger partial charge in [0, 0.05) is 5.92 Å². The third kappa shape index (κ3) is 7.51. The Kier molecular flexibility index (Phi) is 10.6. The van der Waals surface area contributed by atoms with Gasteiger partial charge in [0.25, 0.3) is 0 Å². The molecule has 4 nitrogen and oxygen atoms in total. The summed E-state index contributed by atoms with van der Waals surface area (Å²) in [6, 6.07) is 0. The van der Waals surface area contributed by atoms with Gasteiger partial charge in [-0.2, -0.15) is 0 Å². The van der Waals surface area contributed by atoms with Gasteiger partial charge >= 0.3 is 0 Å². The normalized spacial score (nSPS) is 30.9. The van der Waals surface area contributed by atoms with E-state index in [1.807, 2.05) is 26.8 Å². The summed E-state index contributed by atoms with van der Waals surface area (Å²) in [6.07, 6.45) is 14.5. The molecule has 1 fully saturated rings. The maximum atomic E-state index is 10.8. The van der Waals surface area contributed by atoms with Gasteiger partial charge in [0.05, 0.1) is 17.3 Å². The van der Waals surface area contributed by atoms with Crippen molar-refractivity contribution in [1.29, 1.82) is 0 Å². The number of aliphatic hydroxyl groups excluding tert-OH is 1. The van der Waals surface area contributed by atoms with Crippen molar-refractivity contribution >= 4 is 6.29 Å². The summed E-state index contributed by atoms with van der Waals surface area (Å²) in [5.41, 5.74) is 2.42. The maximum Gasteiger partial charge on any atom is 0.122 e. The van der Waals surface area contributed by atoms with Crippen molar-refractivity contribution in [3.63, 3.8) is 0 Å². The van der Waals surface area contributed by atoms with Crippen molar-refractivity contribution < 1.29 is 19.7 Å². The first-order chi connectivity index (χ1) is 15.9. The van der Waals surface area contributed by atoms with Crippen LogP contribution in [0.2, 0.25) is 0 Å². The van der Waals surface area contributed by atoms with E-state index in [1.54, 1.807) is 0 Å². The van der Waals surface area contributed by atoms with Gasteiger partial charge in [-0.3, -0.25) is 0 Å². The summed E-state index contributed by atoms with van der Waals surface area (Å²) in [4.78, 5) is 10.8. The highest BCUT2D eigenvalue weighted by atomic mass is 16.5. The average molecular weight is 477 g/mol. The molecule has 0 aromatic rings. The molecular formula is C30H52O4. The third-order valence-electron chi connectivity index (χ3n) is 8.78. The average Bonchev–Trinajstić information content (AvgIpc) is 2.78. The molecule has 1 heterocycles. The molecule has 1 saturated heterocycles. The van der Waals surface area contributed by atoms with E-state index in [0.717, 1.165) is 82.5 Å². The van der Waals surface area contributed by atoms with Crippen LogP contribution >= 0.6 is 0 Å². The van der Waals surface area contributed by atoms with Crippen molar-refractivity contribution in [2.24, 2.45) is 11.8 Å². The molecule has 1 aliphatic carbocycles. The van der Waals surface area contributed by atoms with Crippen molar-refractivity contribution in [3.05, 3.63) is 22.8 Å². The second kappa shape index (κ2) is 12.3. The second-order valence-corrected chi connectivity index (χ2v) is 12.1. The van der Waals surface area contributed by atoms with Crippen LogP contribution in [0.4, 0.5) is 0 Å². The van der Waals surface area contributed by atoms with E-state index in [2.05, 4.69) is 27.7 Å². The minimum absolute atomic E-state index is 0.0920. The lowest BCUT2D eigenvalue weighted by Gasteiger charge is -2.51. The molecule has 34 heavy (non-hydrogen) atoms. The van der Waals surface area contributed by atoms with Gasteiger partial charge in [0.1, 0.15) is 11.9 Å². The highest BCUT2D eigenvalue weighted by Gasteiger charge is 2.48. The Morgan fingerprint density at radius 2 is 1.79 bits per heavy atom. The SMILES string of the molecule is CCC12OC(C)(CCCC(C)CCCC(C)(O)CCCC(C)C=O)CCC1=CC(O)C(C)=C2C. The van der Waals surface area contributed by atoms with Crippen LogP contribution in [0.15, 0.2) is 22.8 Å². The second-order valence-electron chi connectivity index (χ2n) is 12.1. The number of hydrogen-bond acceptors (Lipinski definition) is 4. The van der Waals surface area contributed by atoms with Crippen LogP contribution in [-0.4, -0.2) is 39.4 Å². The van der Waals surface area contributed by atoms with Crippen LogP contribution < -0.4 is 0 Å². The topological polar surface area (TPSA) is 66.8 Å². The number of rotatable bonds is 14. The summed E-state index contributed by atoms with van der Waals surface area (Å²) >= 11 is 0. The van der Waals surface area contributed by atoms with E-state index in [1.165, 1.54) is 17.6 Å². The number of hydrogen-bond donors (Lipinski definition) is 2. The van der Waals surface area contributed by atoms with Gasteiger partial charge in [-0.15, -0.1) is 0 Å². The number of carbonyl (C=O) groups excluding carboxylic acids is 1. The number of ether oxygens (including phenoxy) is 1. The van der Waals surface area contributed by atoms with Crippen LogP contribution in [-0.2, 0) is 9.53 Å². The third-order valence-corrected chi connectivity index (χ3v) is 8.78. The first-order valence-electron chi connectivity index (χ1n) is 13.8. The molecule has 0 aromatic heterocycles. The molecule has 4 heteroatoms. The first kappa shape index (κ1) is 29.3. The van der Waals surface area contributed by atoms with Gasteiger partial charge in [-0.1, -0.05) is 46.5 Å². The van der Waals surface area contributed by atoms with Gasteiger partial charge in [0.15, 0.2) is 0 Å². The first-order valence-corrected chi connectivity index (χ1v) is 13.8. The lowest BCUT2D eigenvalue weighted by atomic mass is 9.70. The molecule has 196 valence electrons. The van der Waals surface area contributed by atoms with E-state index in [4.69, 9.17) is 4.74 Å². The van der Waals surface area contributed by atoms with E-state index in [9.17, 15) is 15.0 Å². The monoisotopic (exact) mass is 476 g/mol. The van der Waals surface area contributed by atoms with Gasteiger partial charge in [0.2, 0.25) is 0 Å². The summed E-state index contributed by atoms with van der Waals surface area (Å²) in [7, 11) is 0. The molecule has 0 amide bonds. The Labute approximate surface area is 209 Å². The van der Waals surface area contributed by atoms with Crippen LogP contribution in [0.25, 0.3) is 0 Å². The van der Waals surface area contributed by atoms with Crippen LogP contribution in [0.5, 0.6) is 0 Å². The standard InChI is InChI=1S/C30H52O4/c1-8-30-25(5)24(4)27(32)20-26(30)15-19-29(7,34-30)18-11-13-22(2)12-9-16-28(6,33)17-10-14-23(3)21-31/h20-23,27,32-33H,8-19H2,1-7H3. The van der Waals surface area contributed by atoms with E-state index in [-0.39, 0.29) is 17.1 Å². The fourth-order valence-electron chi connectivity index (χ4n) is 6.07. The van der Waals surface area contributed by atoms with Crippen LogP contribution in [0.3, 0.4) is 0 Å². The fraction of sp³-hybridized carbons (Fsp3) is 0.833. The highest BCUT2D eigenvalue weighted by Crippen LogP contribution is 2.50. The van der Waals surface area contributed by atoms with Crippen molar-refractivity contribution in [2.45, 2.75) is 148 Å². The predicted octanol–water partition coefficient (Wildman–Crippen LogP) is 7.07. The van der Waals surface area contributed by atoms with E-state index < -0.39 is 11.7 Å². The number of aliphatic hydroxyl groups is 2. The minimum atomic E-state index is -0.623. The quantitative estimate of drug-likeness (QED) is 0.208. The summed E-state index contributed by atoms with van der Waals surface area (Å²) in [5, 5.41) is 21.1. The Morgan fingerprint density at radius 1 is 1.18 bits per heavy atom. The lowest BCUT2D eigenvalue weighted by Crippen LogP contribution is -2.51. The Balaban J connectivity index is 1.77. The van der Waals surface area contributed by atoms with Crippen molar-refractivity contribution in [2.75, 3.05) is 0 Å². The Bertz CT molecular complexity index is 736. The highest BCUT2D eigenvalue weighted by molar-refractivity contribution is 5.52. The smallest absolute Gasteiger partial charge is 0.122 e. The van der Waals surface area contributed by atoms with Crippen molar-refractivity contribution in [1.82, 2.24) is 0 Å². The zero-order valence-electron chi connectivity index (χ0n) is 23.1. The number of aldehydes is 1. The summed E-state index contributed by atoms with van der Waals surface area (Å²) in [5.74, 6) is 0.733. The molecule has 0 radical (unpaired) electrons. The molecule has 2 rings (SSSR count). The Morgan fingerprint density at radius 3 is 2.41 bits per heavy atom. The largest absolute Gasteiger partial charge is 0.390 e. The molecule has 0 spiro atoms. The number of fused-ring (bicyclic) bond motifs is 1. The maximum absolute atomic E-state index is 10.8. The summed E-state index contributed by atoms with van der Waals surface area (Å²) < 4.78 is 6.92. The fourth-order valence-corrected chi connectivity index (χ4v) is 6.07. The molecule has 1 aliphatic heterocycles. The van der Waals surface area contributed by atoms with Gasteiger partial charge in [-0.25, -0.2) is 0 Å². The van der Waals surface area contributed by atoms with Crippen LogP contribution in [0, 0.1) is 11.8 Å². The van der Waals surface area contributed by atoms with Crippen molar-refractivity contribution in [3.8, 4) is 0 Å².